The Morgan fingerprint density at radius 2 is 1.82 bits per heavy atom. The van der Waals surface area contributed by atoms with Gasteiger partial charge in [-0.3, -0.25) is 10.1 Å². The zero-order valence-corrected chi connectivity index (χ0v) is 11.5. The first-order chi connectivity index (χ1) is 10.4. The number of nitrogens with one attached hydrogen (secondary N) is 2. The molecule has 1 spiro atoms. The number of rotatable bonds is 0. The number of fused-ring (bicyclic) bond motifs is 5. The summed E-state index contributed by atoms with van der Waals surface area (Å²) in [5.41, 5.74) is 1.25. The van der Waals surface area contributed by atoms with Crippen molar-refractivity contribution in [2.45, 2.75) is 12.5 Å². The third-order valence-corrected chi connectivity index (χ3v) is 4.28. The number of imide groups is 1. The molecule has 2 aromatic carbocycles. The van der Waals surface area contributed by atoms with Crippen LogP contribution in [0.15, 0.2) is 30.3 Å². The van der Waals surface area contributed by atoms with Crippen LogP contribution < -0.4 is 10.6 Å². The maximum absolute atomic E-state index is 13.7. The topological polar surface area (TPSA) is 78.4 Å². The first-order valence-electron chi connectivity index (χ1n) is 6.71. The maximum Gasteiger partial charge on any atom is 0.322 e. The number of carbonyl (C=O) groups excluding carboxylic acids is 2. The second-order valence-electron chi connectivity index (χ2n) is 5.53. The third kappa shape index (κ3) is 1.36. The number of phenolic OH excluding ortho intramolecular Hbond substituents is 1. The van der Waals surface area contributed by atoms with Crippen molar-refractivity contribution >= 4 is 11.9 Å². The number of phenols is 1. The minimum absolute atomic E-state index is 0.0795. The van der Waals surface area contributed by atoms with Crippen LogP contribution in [0.25, 0.3) is 11.1 Å². The van der Waals surface area contributed by atoms with Crippen LogP contribution in [0.4, 0.5) is 9.18 Å². The molecule has 1 atom stereocenters. The molecule has 6 heteroatoms. The fourth-order valence-corrected chi connectivity index (χ4v) is 3.27. The summed E-state index contributed by atoms with van der Waals surface area (Å²) in [6, 6.07) is 6.63. The van der Waals surface area contributed by atoms with Gasteiger partial charge in [-0.05, 0) is 53.4 Å². The first-order valence-corrected chi connectivity index (χ1v) is 6.71. The number of benzene rings is 2. The number of carbonyl (C=O) groups is 2. The van der Waals surface area contributed by atoms with Gasteiger partial charge in [0.25, 0.3) is 5.91 Å². The molecular weight excluding hydrogens is 287 g/mol. The SMILES string of the molecule is Cc1cc2c(cc1O)-c1ccc(F)cc1C21NC(=O)NC1=O. The Kier molecular flexibility index (Phi) is 2.24. The lowest BCUT2D eigenvalue weighted by atomic mass is 9.87. The number of aromatic hydroxyl groups is 1. The van der Waals surface area contributed by atoms with Crippen molar-refractivity contribution < 1.29 is 19.1 Å². The highest BCUT2D eigenvalue weighted by molar-refractivity contribution is 6.13. The van der Waals surface area contributed by atoms with E-state index in [0.29, 0.717) is 27.8 Å². The molecule has 3 amide bonds. The molecule has 2 aromatic rings. The van der Waals surface area contributed by atoms with Gasteiger partial charge in [-0.15, -0.1) is 0 Å². The van der Waals surface area contributed by atoms with Crippen molar-refractivity contribution in [2.24, 2.45) is 0 Å². The van der Waals surface area contributed by atoms with Gasteiger partial charge in [0.1, 0.15) is 11.6 Å². The average molecular weight is 298 g/mol. The fraction of sp³-hybridized carbons (Fsp3) is 0.125. The van der Waals surface area contributed by atoms with Crippen LogP contribution in [0.3, 0.4) is 0 Å². The molecule has 0 radical (unpaired) electrons. The lowest BCUT2D eigenvalue weighted by Gasteiger charge is -2.23. The van der Waals surface area contributed by atoms with Crippen LogP contribution in [0, 0.1) is 12.7 Å². The quantitative estimate of drug-likeness (QED) is 0.650. The number of aryl methyl sites for hydroxylation is 1. The summed E-state index contributed by atoms with van der Waals surface area (Å²) in [6.45, 7) is 1.70. The van der Waals surface area contributed by atoms with Crippen LogP contribution >= 0.6 is 0 Å². The second-order valence-corrected chi connectivity index (χ2v) is 5.53. The Bertz CT molecular complexity index is 878. The van der Waals surface area contributed by atoms with Crippen molar-refractivity contribution in [2.75, 3.05) is 0 Å². The standard InChI is InChI=1S/C16H11FN2O3/c1-7-4-11-10(6-13(7)20)9-3-2-8(17)5-12(9)16(11)14(21)18-15(22)19-16/h2-6,20H,1H3,(H2,18,19,21,22). The zero-order chi connectivity index (χ0) is 15.6. The van der Waals surface area contributed by atoms with Gasteiger partial charge < -0.3 is 10.4 Å². The number of amides is 3. The molecule has 1 aliphatic carbocycles. The van der Waals surface area contributed by atoms with Gasteiger partial charge in [-0.2, -0.15) is 0 Å². The smallest absolute Gasteiger partial charge is 0.322 e. The Hall–Kier alpha value is -2.89. The van der Waals surface area contributed by atoms with Crippen molar-refractivity contribution in [1.29, 1.82) is 0 Å². The van der Waals surface area contributed by atoms with Gasteiger partial charge in [-0.25, -0.2) is 9.18 Å². The van der Waals surface area contributed by atoms with E-state index in [1.807, 2.05) is 0 Å². The molecule has 0 aromatic heterocycles. The Morgan fingerprint density at radius 1 is 1.09 bits per heavy atom. The largest absolute Gasteiger partial charge is 0.508 e. The van der Waals surface area contributed by atoms with Crippen LogP contribution in [-0.4, -0.2) is 17.0 Å². The van der Waals surface area contributed by atoms with E-state index < -0.39 is 23.3 Å². The van der Waals surface area contributed by atoms with E-state index in [1.165, 1.54) is 18.2 Å². The van der Waals surface area contributed by atoms with Crippen molar-refractivity contribution in [3.8, 4) is 16.9 Å². The van der Waals surface area contributed by atoms with E-state index in [0.717, 1.165) is 0 Å². The molecule has 4 rings (SSSR count). The summed E-state index contributed by atoms with van der Waals surface area (Å²) < 4.78 is 13.7. The van der Waals surface area contributed by atoms with Crippen LogP contribution in [0.2, 0.25) is 0 Å². The van der Waals surface area contributed by atoms with E-state index in [-0.39, 0.29) is 5.75 Å². The molecule has 1 heterocycles. The molecule has 110 valence electrons. The molecule has 3 N–H and O–H groups in total. The van der Waals surface area contributed by atoms with Crippen LogP contribution in [-0.2, 0) is 10.3 Å². The average Bonchev–Trinajstić information content (AvgIpc) is 2.89. The second kappa shape index (κ2) is 3.85. The predicted molar refractivity (Wildman–Crippen MR) is 75.7 cm³/mol. The molecule has 5 nitrogen and oxygen atoms in total. The maximum atomic E-state index is 13.7. The van der Waals surface area contributed by atoms with Crippen molar-refractivity contribution in [1.82, 2.24) is 10.6 Å². The summed E-state index contributed by atoms with van der Waals surface area (Å²) in [6.07, 6.45) is 0. The lowest BCUT2D eigenvalue weighted by molar-refractivity contribution is -0.122. The van der Waals surface area contributed by atoms with Gasteiger partial charge in [0, 0.05) is 5.56 Å². The third-order valence-electron chi connectivity index (χ3n) is 4.28. The number of halogens is 1. The summed E-state index contributed by atoms with van der Waals surface area (Å²) in [5.74, 6) is -0.968. The summed E-state index contributed by atoms with van der Waals surface area (Å²) in [4.78, 5) is 24.1. The molecule has 22 heavy (non-hydrogen) atoms. The van der Waals surface area contributed by atoms with E-state index in [2.05, 4.69) is 10.6 Å². The Balaban J connectivity index is 2.13. The van der Waals surface area contributed by atoms with Crippen molar-refractivity contribution in [3.05, 3.63) is 52.8 Å². The molecule has 1 aliphatic heterocycles. The minimum Gasteiger partial charge on any atom is -0.508 e. The van der Waals surface area contributed by atoms with E-state index in [9.17, 15) is 19.1 Å². The number of hydrogen-bond acceptors (Lipinski definition) is 3. The number of urea groups is 1. The summed E-state index contributed by atoms with van der Waals surface area (Å²) >= 11 is 0. The van der Waals surface area contributed by atoms with E-state index >= 15 is 0 Å². The van der Waals surface area contributed by atoms with Crippen LogP contribution in [0.1, 0.15) is 16.7 Å². The molecular formula is C16H11FN2O3. The normalized spacial score (nSPS) is 21.5. The summed E-state index contributed by atoms with van der Waals surface area (Å²) in [7, 11) is 0. The number of hydrogen-bond donors (Lipinski definition) is 3. The molecule has 2 aliphatic rings. The lowest BCUT2D eigenvalue weighted by Crippen LogP contribution is -2.43. The molecule has 1 unspecified atom stereocenters. The van der Waals surface area contributed by atoms with Gasteiger partial charge in [-0.1, -0.05) is 6.07 Å². The van der Waals surface area contributed by atoms with E-state index in [4.69, 9.17) is 0 Å². The molecule has 1 saturated heterocycles. The van der Waals surface area contributed by atoms with Crippen LogP contribution in [0.5, 0.6) is 5.75 Å². The molecule has 0 saturated carbocycles. The highest BCUT2D eigenvalue weighted by atomic mass is 19.1. The Labute approximate surface area is 124 Å². The summed E-state index contributed by atoms with van der Waals surface area (Å²) in [5, 5.41) is 14.8. The van der Waals surface area contributed by atoms with Gasteiger partial charge in [0.15, 0.2) is 5.54 Å². The monoisotopic (exact) mass is 298 g/mol. The Morgan fingerprint density at radius 3 is 2.50 bits per heavy atom. The molecule has 1 fully saturated rings. The van der Waals surface area contributed by atoms with Gasteiger partial charge in [0.05, 0.1) is 0 Å². The highest BCUT2D eigenvalue weighted by Crippen LogP contribution is 2.50. The van der Waals surface area contributed by atoms with Crippen molar-refractivity contribution in [3.63, 3.8) is 0 Å². The predicted octanol–water partition coefficient (Wildman–Crippen LogP) is 1.90. The zero-order valence-electron chi connectivity index (χ0n) is 11.5. The molecule has 0 bridgehead atoms. The fourth-order valence-electron chi connectivity index (χ4n) is 3.27. The van der Waals surface area contributed by atoms with E-state index in [1.54, 1.807) is 19.1 Å². The van der Waals surface area contributed by atoms with Gasteiger partial charge in [0.2, 0.25) is 0 Å². The minimum atomic E-state index is -1.44. The highest BCUT2D eigenvalue weighted by Gasteiger charge is 2.55. The first kappa shape index (κ1) is 12.8. The van der Waals surface area contributed by atoms with Gasteiger partial charge >= 0.3 is 6.03 Å².